The van der Waals surface area contributed by atoms with E-state index < -0.39 is 34.8 Å². The number of nitriles is 1. The van der Waals surface area contributed by atoms with Crippen molar-refractivity contribution in [1.82, 2.24) is 9.55 Å². The molecular weight excluding hydrogens is 448 g/mol. The van der Waals surface area contributed by atoms with Crippen molar-refractivity contribution in [3.05, 3.63) is 99.7 Å². The largest absolute Gasteiger partial charge is 0.505 e. The van der Waals surface area contributed by atoms with Gasteiger partial charge in [0, 0.05) is 17.3 Å². The summed E-state index contributed by atoms with van der Waals surface area (Å²) in [7, 11) is 0. The number of rotatable bonds is 6. The molecule has 1 amide bonds. The maximum Gasteiger partial charge on any atom is 0.310 e. The Hall–Kier alpha value is -4.97. The number of aromatic nitrogens is 2. The number of carboxylic acid groups (broad SMARTS) is 1. The first-order valence-corrected chi connectivity index (χ1v) is 10.6. The summed E-state index contributed by atoms with van der Waals surface area (Å²) in [6, 6.07) is 18.9. The summed E-state index contributed by atoms with van der Waals surface area (Å²) < 4.78 is 1.39. The van der Waals surface area contributed by atoms with E-state index in [-0.39, 0.29) is 28.7 Å². The number of nitrogens with one attached hydrogen (secondary N) is 1. The smallest absolute Gasteiger partial charge is 0.310 e. The maximum atomic E-state index is 13.1. The van der Waals surface area contributed by atoms with Gasteiger partial charge < -0.3 is 20.1 Å². The Morgan fingerprint density at radius 3 is 2.49 bits per heavy atom. The summed E-state index contributed by atoms with van der Waals surface area (Å²) in [5, 5.41) is 32.3. The second-order valence-corrected chi connectivity index (χ2v) is 7.89. The number of amides is 1. The molecule has 0 bridgehead atoms. The van der Waals surface area contributed by atoms with Gasteiger partial charge in [-0.1, -0.05) is 48.5 Å². The number of carbonyl (C=O) groups is 2. The molecule has 2 heterocycles. The van der Waals surface area contributed by atoms with E-state index in [0.717, 1.165) is 5.56 Å². The van der Waals surface area contributed by atoms with E-state index in [9.17, 15) is 29.9 Å². The first-order chi connectivity index (χ1) is 16.8. The van der Waals surface area contributed by atoms with Gasteiger partial charge in [0.1, 0.15) is 6.07 Å². The molecule has 35 heavy (non-hydrogen) atoms. The summed E-state index contributed by atoms with van der Waals surface area (Å²) >= 11 is 0. The van der Waals surface area contributed by atoms with Crippen molar-refractivity contribution in [3.63, 3.8) is 0 Å². The van der Waals surface area contributed by atoms with Crippen molar-refractivity contribution in [1.29, 1.82) is 5.26 Å². The molecule has 0 aliphatic rings. The third-order valence-corrected chi connectivity index (χ3v) is 5.67. The lowest BCUT2D eigenvalue weighted by molar-refractivity contribution is -0.138. The third kappa shape index (κ3) is 4.45. The molecule has 0 saturated heterocycles. The molecule has 0 spiro atoms. The highest BCUT2D eigenvalue weighted by atomic mass is 16.4. The molecule has 9 heteroatoms. The fraction of sp³-hybridized carbons (Fsp3) is 0.115. The van der Waals surface area contributed by atoms with Crippen molar-refractivity contribution in [2.45, 2.75) is 19.4 Å². The van der Waals surface area contributed by atoms with Crippen LogP contribution in [0.1, 0.15) is 40.2 Å². The van der Waals surface area contributed by atoms with Crippen molar-refractivity contribution < 1.29 is 19.8 Å². The van der Waals surface area contributed by atoms with Gasteiger partial charge in [0.05, 0.1) is 17.8 Å². The predicted octanol–water partition coefficient (Wildman–Crippen LogP) is 3.46. The fourth-order valence-electron chi connectivity index (χ4n) is 3.80. The number of fused-ring (bicyclic) bond motifs is 1. The zero-order chi connectivity index (χ0) is 25.1. The van der Waals surface area contributed by atoms with Crippen molar-refractivity contribution >= 4 is 28.3 Å². The second kappa shape index (κ2) is 9.49. The second-order valence-electron chi connectivity index (χ2n) is 7.89. The Bertz CT molecular complexity index is 1550. The highest BCUT2D eigenvalue weighted by molar-refractivity contribution is 6.09. The molecule has 2 aromatic heterocycles. The van der Waals surface area contributed by atoms with E-state index in [2.05, 4.69) is 10.3 Å². The minimum atomic E-state index is -1.07. The molecule has 0 aliphatic carbocycles. The Kier molecular flexibility index (Phi) is 6.29. The molecule has 9 nitrogen and oxygen atoms in total. The van der Waals surface area contributed by atoms with Crippen molar-refractivity contribution in [2.75, 3.05) is 5.32 Å². The van der Waals surface area contributed by atoms with E-state index in [4.69, 9.17) is 0 Å². The number of carboxylic acids is 1. The van der Waals surface area contributed by atoms with Gasteiger partial charge >= 0.3 is 5.97 Å². The quantitative estimate of drug-likeness (QED) is 0.393. The van der Waals surface area contributed by atoms with Crippen LogP contribution in [-0.4, -0.2) is 31.6 Å². The lowest BCUT2D eigenvalue weighted by Gasteiger charge is -2.15. The van der Waals surface area contributed by atoms with Gasteiger partial charge in [-0.2, -0.15) is 5.26 Å². The number of pyridine rings is 2. The van der Waals surface area contributed by atoms with Crippen molar-refractivity contribution in [2.24, 2.45) is 0 Å². The van der Waals surface area contributed by atoms with Crippen LogP contribution in [0.3, 0.4) is 0 Å². The number of anilines is 1. The van der Waals surface area contributed by atoms with Crippen LogP contribution in [0.4, 0.5) is 5.69 Å². The van der Waals surface area contributed by atoms with Gasteiger partial charge in [0.25, 0.3) is 11.5 Å². The van der Waals surface area contributed by atoms with Crippen LogP contribution in [0.25, 0.3) is 10.8 Å². The van der Waals surface area contributed by atoms with E-state index >= 15 is 0 Å². The number of para-hydroxylation sites is 1. The van der Waals surface area contributed by atoms with Gasteiger partial charge in [-0.05, 0) is 30.2 Å². The van der Waals surface area contributed by atoms with Gasteiger partial charge in [0.2, 0.25) is 0 Å². The predicted molar refractivity (Wildman–Crippen MR) is 128 cm³/mol. The topological polar surface area (TPSA) is 145 Å². The molecule has 0 saturated carbocycles. The number of carbonyl (C=O) groups excluding carboxylic acids is 1. The van der Waals surface area contributed by atoms with Crippen LogP contribution < -0.4 is 10.9 Å². The zero-order valence-corrected chi connectivity index (χ0v) is 18.6. The molecule has 4 rings (SSSR count). The molecule has 1 atom stereocenters. The van der Waals surface area contributed by atoms with Gasteiger partial charge in [0.15, 0.2) is 17.1 Å². The summed E-state index contributed by atoms with van der Waals surface area (Å²) in [5.74, 6) is -3.37. The molecule has 0 aliphatic heterocycles. The number of hydrogen-bond acceptors (Lipinski definition) is 6. The standard InChI is InChI=1S/C26H20N4O5/c1-15(26(34)35)17-9-5-6-10-19(17)29-24(32)22-23(31)18-11-12-30(14-16-7-3-2-4-8-16)25(33)21(18)20(13-27)28-22/h2-12,15,31H,14H2,1H3,(H,29,32)(H,34,35)/t15-/m0/s1. The van der Waals surface area contributed by atoms with Crippen LogP contribution in [-0.2, 0) is 11.3 Å². The molecule has 4 aromatic rings. The monoisotopic (exact) mass is 468 g/mol. The number of hydrogen-bond donors (Lipinski definition) is 3. The third-order valence-electron chi connectivity index (χ3n) is 5.67. The first kappa shape index (κ1) is 23.2. The Morgan fingerprint density at radius 1 is 1.11 bits per heavy atom. The highest BCUT2D eigenvalue weighted by Gasteiger charge is 2.24. The Morgan fingerprint density at radius 2 is 1.80 bits per heavy atom. The van der Waals surface area contributed by atoms with E-state index in [1.54, 1.807) is 18.2 Å². The highest BCUT2D eigenvalue weighted by Crippen LogP contribution is 2.30. The first-order valence-electron chi connectivity index (χ1n) is 10.6. The molecule has 0 radical (unpaired) electrons. The summed E-state index contributed by atoms with van der Waals surface area (Å²) in [5.41, 5.74) is 0.172. The molecule has 174 valence electrons. The van der Waals surface area contributed by atoms with E-state index in [1.807, 2.05) is 36.4 Å². The molecular formula is C26H20N4O5. The average Bonchev–Trinajstić information content (AvgIpc) is 2.86. The molecule has 3 N–H and O–H groups in total. The summed E-state index contributed by atoms with van der Waals surface area (Å²) in [4.78, 5) is 41.6. The molecule has 0 fully saturated rings. The maximum absolute atomic E-state index is 13.1. The van der Waals surface area contributed by atoms with Crippen LogP contribution in [0.5, 0.6) is 5.75 Å². The number of aromatic hydroxyl groups is 1. The lowest BCUT2D eigenvalue weighted by Crippen LogP contribution is -2.23. The van der Waals surface area contributed by atoms with E-state index in [0.29, 0.717) is 5.56 Å². The Labute approximate surface area is 199 Å². The number of benzene rings is 2. The van der Waals surface area contributed by atoms with Gasteiger partial charge in [-0.3, -0.25) is 14.4 Å². The SMILES string of the molecule is C[C@H](C(=O)O)c1ccccc1NC(=O)c1nc(C#N)c2c(=O)n(Cc3ccccc3)ccc2c1O. The molecule has 2 aromatic carbocycles. The van der Waals surface area contributed by atoms with Crippen molar-refractivity contribution in [3.8, 4) is 11.8 Å². The Balaban J connectivity index is 1.77. The number of aliphatic carboxylic acids is 1. The van der Waals surface area contributed by atoms with Crippen LogP contribution in [0.15, 0.2) is 71.7 Å². The van der Waals surface area contributed by atoms with Gasteiger partial charge in [-0.25, -0.2) is 4.98 Å². The fourth-order valence-corrected chi connectivity index (χ4v) is 3.80. The zero-order valence-electron chi connectivity index (χ0n) is 18.6. The minimum Gasteiger partial charge on any atom is -0.505 e. The van der Waals surface area contributed by atoms with Crippen LogP contribution >= 0.6 is 0 Å². The summed E-state index contributed by atoms with van der Waals surface area (Å²) in [6.45, 7) is 1.73. The van der Waals surface area contributed by atoms with Crippen LogP contribution in [0, 0.1) is 11.3 Å². The van der Waals surface area contributed by atoms with Crippen LogP contribution in [0.2, 0.25) is 0 Å². The average molecular weight is 468 g/mol. The number of nitrogens with zero attached hydrogens (tertiary/aromatic N) is 3. The summed E-state index contributed by atoms with van der Waals surface area (Å²) in [6.07, 6.45) is 1.48. The van der Waals surface area contributed by atoms with Gasteiger partial charge in [-0.15, -0.1) is 0 Å². The molecule has 0 unspecified atom stereocenters. The normalized spacial score (nSPS) is 11.5. The van der Waals surface area contributed by atoms with E-state index in [1.165, 1.54) is 29.8 Å². The minimum absolute atomic E-state index is 0.0169. The lowest BCUT2D eigenvalue weighted by atomic mass is 9.99.